The van der Waals surface area contributed by atoms with Crippen LogP contribution in [0.5, 0.6) is 0 Å². The number of nitrogens with one attached hydrogen (secondary N) is 1. The van der Waals surface area contributed by atoms with Crippen LogP contribution >= 0.6 is 0 Å². The van der Waals surface area contributed by atoms with Crippen LogP contribution in [-0.2, 0) is 11.3 Å². The van der Waals surface area contributed by atoms with Gasteiger partial charge >= 0.3 is 0 Å². The first-order valence-electron chi connectivity index (χ1n) is 3.54. The van der Waals surface area contributed by atoms with E-state index in [-0.39, 0.29) is 6.04 Å². The molecule has 2 heterocycles. The maximum Gasteiger partial charge on any atom is 0.141 e. The van der Waals surface area contributed by atoms with Crippen molar-refractivity contribution in [3.05, 3.63) is 29.6 Å². The molecule has 1 N–H and O–H groups in total. The van der Waals surface area contributed by atoms with E-state index in [1.54, 1.807) is 6.20 Å². The van der Waals surface area contributed by atoms with E-state index in [0.717, 1.165) is 17.5 Å². The molecule has 1 aromatic rings. The van der Waals surface area contributed by atoms with Crippen LogP contribution in [0.1, 0.15) is 17.3 Å². The zero-order valence-electron chi connectivity index (χ0n) is 5.95. The molecule has 3 nitrogen and oxygen atoms in total. The van der Waals surface area contributed by atoms with Crippen LogP contribution in [0, 0.1) is 0 Å². The molecule has 3 heteroatoms. The first kappa shape index (κ1) is 6.49. The quantitative estimate of drug-likeness (QED) is 0.587. The fourth-order valence-corrected chi connectivity index (χ4v) is 1.32. The molecule has 56 valence electrons. The monoisotopic (exact) mass is 148 g/mol. The van der Waals surface area contributed by atoms with Gasteiger partial charge in [0.1, 0.15) is 6.29 Å². The van der Waals surface area contributed by atoms with Crippen molar-refractivity contribution in [2.45, 2.75) is 12.6 Å². The predicted molar refractivity (Wildman–Crippen MR) is 39.9 cm³/mol. The van der Waals surface area contributed by atoms with Crippen molar-refractivity contribution < 1.29 is 4.79 Å². The van der Waals surface area contributed by atoms with Gasteiger partial charge in [-0.2, -0.15) is 0 Å². The summed E-state index contributed by atoms with van der Waals surface area (Å²) in [5.74, 6) is 0. The van der Waals surface area contributed by atoms with Gasteiger partial charge in [-0.3, -0.25) is 10.3 Å². The summed E-state index contributed by atoms with van der Waals surface area (Å²) in [4.78, 5) is 14.6. The van der Waals surface area contributed by atoms with Gasteiger partial charge < -0.3 is 4.79 Å². The third-order valence-electron chi connectivity index (χ3n) is 1.89. The standard InChI is InChI=1S/C8H8N2O/c11-5-8-6-2-1-3-9-7(6)4-10-8/h1-3,5,8,10H,4H2. The number of fused-ring (bicyclic) bond motifs is 1. The zero-order chi connectivity index (χ0) is 7.68. The molecule has 0 amide bonds. The predicted octanol–water partition coefficient (Wildman–Crippen LogP) is 0.425. The largest absolute Gasteiger partial charge is 0.301 e. The molecular formula is C8H8N2O. The van der Waals surface area contributed by atoms with E-state index in [2.05, 4.69) is 10.3 Å². The summed E-state index contributed by atoms with van der Waals surface area (Å²) >= 11 is 0. The Labute approximate surface area is 64.5 Å². The number of carbonyl (C=O) groups is 1. The summed E-state index contributed by atoms with van der Waals surface area (Å²) in [6.07, 6.45) is 2.65. The molecule has 1 aliphatic rings. The normalized spacial score (nSPS) is 21.3. The molecule has 0 saturated heterocycles. The van der Waals surface area contributed by atoms with Crippen LogP contribution in [0.25, 0.3) is 0 Å². The molecule has 1 atom stereocenters. The highest BCUT2D eigenvalue weighted by atomic mass is 16.1. The van der Waals surface area contributed by atoms with Crippen molar-refractivity contribution in [2.75, 3.05) is 0 Å². The van der Waals surface area contributed by atoms with Crippen molar-refractivity contribution >= 4 is 6.29 Å². The lowest BCUT2D eigenvalue weighted by Crippen LogP contribution is -2.12. The number of hydrogen-bond acceptors (Lipinski definition) is 3. The number of aromatic nitrogens is 1. The summed E-state index contributed by atoms with van der Waals surface area (Å²) in [5.41, 5.74) is 2.01. The van der Waals surface area contributed by atoms with E-state index in [1.165, 1.54) is 0 Å². The average Bonchev–Trinajstić information content (AvgIpc) is 2.47. The van der Waals surface area contributed by atoms with Gasteiger partial charge in [0.05, 0.1) is 11.7 Å². The molecule has 0 saturated carbocycles. The van der Waals surface area contributed by atoms with Crippen LogP contribution in [0.2, 0.25) is 0 Å². The molecule has 1 unspecified atom stereocenters. The Morgan fingerprint density at radius 3 is 3.45 bits per heavy atom. The maximum atomic E-state index is 10.5. The zero-order valence-corrected chi connectivity index (χ0v) is 5.95. The van der Waals surface area contributed by atoms with Gasteiger partial charge in [0.2, 0.25) is 0 Å². The minimum Gasteiger partial charge on any atom is -0.301 e. The molecule has 1 aliphatic heterocycles. The second-order valence-electron chi connectivity index (χ2n) is 2.53. The molecule has 0 aliphatic carbocycles. The van der Waals surface area contributed by atoms with Gasteiger partial charge in [-0.15, -0.1) is 0 Å². The van der Waals surface area contributed by atoms with E-state index < -0.39 is 0 Å². The maximum absolute atomic E-state index is 10.5. The fraction of sp³-hybridized carbons (Fsp3) is 0.250. The Bertz CT molecular complexity index is 285. The number of carbonyl (C=O) groups excluding carboxylic acids is 1. The summed E-state index contributed by atoms with van der Waals surface area (Å²) in [6, 6.07) is 3.64. The van der Waals surface area contributed by atoms with E-state index in [9.17, 15) is 4.79 Å². The summed E-state index contributed by atoms with van der Waals surface area (Å²) in [7, 11) is 0. The molecule has 0 spiro atoms. The topological polar surface area (TPSA) is 42.0 Å². The Morgan fingerprint density at radius 1 is 1.73 bits per heavy atom. The minimum absolute atomic E-state index is 0.140. The van der Waals surface area contributed by atoms with Crippen LogP contribution in [0.3, 0.4) is 0 Å². The lowest BCUT2D eigenvalue weighted by atomic mass is 10.1. The van der Waals surface area contributed by atoms with E-state index in [0.29, 0.717) is 6.54 Å². The van der Waals surface area contributed by atoms with Crippen molar-refractivity contribution in [3.8, 4) is 0 Å². The number of nitrogens with zero attached hydrogens (tertiary/aromatic N) is 1. The van der Waals surface area contributed by atoms with Gasteiger partial charge in [-0.05, 0) is 11.6 Å². The highest BCUT2D eigenvalue weighted by Crippen LogP contribution is 2.20. The molecule has 11 heavy (non-hydrogen) atoms. The number of rotatable bonds is 1. The third kappa shape index (κ3) is 0.935. The molecule has 0 fully saturated rings. The first-order valence-corrected chi connectivity index (χ1v) is 3.54. The second kappa shape index (κ2) is 2.43. The third-order valence-corrected chi connectivity index (χ3v) is 1.89. The SMILES string of the molecule is O=CC1NCc2ncccc21. The molecule has 2 rings (SSSR count). The number of pyridine rings is 1. The summed E-state index contributed by atoms with van der Waals surface area (Å²) in [6.45, 7) is 0.708. The highest BCUT2D eigenvalue weighted by Gasteiger charge is 2.20. The van der Waals surface area contributed by atoms with Crippen molar-refractivity contribution in [3.63, 3.8) is 0 Å². The second-order valence-corrected chi connectivity index (χ2v) is 2.53. The number of aldehydes is 1. The van der Waals surface area contributed by atoms with Gasteiger partial charge in [-0.1, -0.05) is 6.07 Å². The van der Waals surface area contributed by atoms with Crippen LogP contribution in [0.15, 0.2) is 18.3 Å². The highest BCUT2D eigenvalue weighted by molar-refractivity contribution is 5.63. The Balaban J connectivity index is 2.46. The molecule has 0 radical (unpaired) electrons. The summed E-state index contributed by atoms with van der Waals surface area (Å²) in [5, 5.41) is 3.04. The Morgan fingerprint density at radius 2 is 2.64 bits per heavy atom. The van der Waals surface area contributed by atoms with Crippen molar-refractivity contribution in [1.82, 2.24) is 10.3 Å². The van der Waals surface area contributed by atoms with E-state index in [1.807, 2.05) is 12.1 Å². The van der Waals surface area contributed by atoms with Crippen molar-refractivity contribution in [2.24, 2.45) is 0 Å². The van der Waals surface area contributed by atoms with Crippen LogP contribution in [-0.4, -0.2) is 11.3 Å². The average molecular weight is 148 g/mol. The van der Waals surface area contributed by atoms with Gasteiger partial charge in [0.15, 0.2) is 0 Å². The molecular weight excluding hydrogens is 140 g/mol. The Hall–Kier alpha value is -1.22. The molecule has 1 aromatic heterocycles. The number of hydrogen-bond donors (Lipinski definition) is 1. The van der Waals surface area contributed by atoms with Gasteiger partial charge in [-0.25, -0.2) is 0 Å². The summed E-state index contributed by atoms with van der Waals surface area (Å²) < 4.78 is 0. The molecule has 0 aromatic carbocycles. The van der Waals surface area contributed by atoms with Crippen LogP contribution in [0.4, 0.5) is 0 Å². The molecule has 0 bridgehead atoms. The Kier molecular flexibility index (Phi) is 1.43. The van der Waals surface area contributed by atoms with Gasteiger partial charge in [0.25, 0.3) is 0 Å². The van der Waals surface area contributed by atoms with Gasteiger partial charge in [0, 0.05) is 12.7 Å². The fourth-order valence-electron chi connectivity index (χ4n) is 1.32. The van der Waals surface area contributed by atoms with Crippen molar-refractivity contribution in [1.29, 1.82) is 0 Å². The minimum atomic E-state index is -0.140. The van der Waals surface area contributed by atoms with E-state index >= 15 is 0 Å². The lowest BCUT2D eigenvalue weighted by Gasteiger charge is -1.99. The lowest BCUT2D eigenvalue weighted by molar-refractivity contribution is -0.109. The first-order chi connectivity index (χ1) is 5.42. The van der Waals surface area contributed by atoms with Crippen LogP contribution < -0.4 is 5.32 Å². The van der Waals surface area contributed by atoms with E-state index in [4.69, 9.17) is 0 Å². The smallest absolute Gasteiger partial charge is 0.141 e.